The molecular formula is C19H21ClF3N3O2. The van der Waals surface area contributed by atoms with Gasteiger partial charge in [0.05, 0.1) is 12.2 Å². The molecule has 0 saturated carbocycles. The summed E-state index contributed by atoms with van der Waals surface area (Å²) < 4.78 is 43.0. The number of rotatable bonds is 6. The summed E-state index contributed by atoms with van der Waals surface area (Å²) in [6.45, 7) is -1.05. The van der Waals surface area contributed by atoms with Gasteiger partial charge in [-0.05, 0) is 29.8 Å². The molecule has 9 heteroatoms. The Morgan fingerprint density at radius 2 is 2.04 bits per heavy atom. The minimum Gasteiger partial charge on any atom is -0.433 e. The first kappa shape index (κ1) is 22.0. The van der Waals surface area contributed by atoms with Gasteiger partial charge in [-0.1, -0.05) is 24.3 Å². The molecule has 1 heterocycles. The predicted octanol–water partition coefficient (Wildman–Crippen LogP) is 3.43. The first-order chi connectivity index (χ1) is 13.0. The van der Waals surface area contributed by atoms with Crippen molar-refractivity contribution in [3.63, 3.8) is 0 Å². The van der Waals surface area contributed by atoms with E-state index in [1.165, 1.54) is 24.3 Å². The quantitative estimate of drug-likeness (QED) is 0.759. The van der Waals surface area contributed by atoms with Gasteiger partial charge in [-0.3, -0.25) is 9.69 Å². The maximum Gasteiger partial charge on any atom is 0.387 e. The van der Waals surface area contributed by atoms with Crippen LogP contribution >= 0.6 is 12.4 Å². The Bertz CT molecular complexity index is 795. The molecule has 3 rings (SSSR count). The van der Waals surface area contributed by atoms with Gasteiger partial charge in [0.1, 0.15) is 11.6 Å². The molecule has 2 aromatic carbocycles. The number of hydrogen-bond acceptors (Lipinski definition) is 4. The lowest BCUT2D eigenvalue weighted by Gasteiger charge is -2.36. The molecule has 0 bridgehead atoms. The molecule has 5 nitrogen and oxygen atoms in total. The zero-order valence-electron chi connectivity index (χ0n) is 14.9. The van der Waals surface area contributed by atoms with E-state index in [1.54, 1.807) is 18.2 Å². The van der Waals surface area contributed by atoms with Crippen molar-refractivity contribution < 1.29 is 22.7 Å². The Labute approximate surface area is 167 Å². The average molecular weight is 416 g/mol. The van der Waals surface area contributed by atoms with Crippen LogP contribution in [0.2, 0.25) is 0 Å². The number of halogens is 4. The Kier molecular flexibility index (Phi) is 8.10. The standard InChI is InChI=1S/C19H20F3N3O2.ClH/c20-14-5-3-4-13(10-14)16-11-23-8-9-25(16)12-18(26)24-15-6-1-2-7-17(15)27-19(21)22;/h1-7,10,16,19,23H,8-9,11-12H2,(H,24,26);1H. The number of piperazine rings is 1. The van der Waals surface area contributed by atoms with E-state index in [9.17, 15) is 18.0 Å². The van der Waals surface area contributed by atoms with Crippen LogP contribution in [0.4, 0.5) is 18.9 Å². The molecular weight excluding hydrogens is 395 g/mol. The van der Waals surface area contributed by atoms with Crippen molar-refractivity contribution in [2.75, 3.05) is 31.5 Å². The van der Waals surface area contributed by atoms with Crippen molar-refractivity contribution >= 4 is 24.0 Å². The number of benzene rings is 2. The van der Waals surface area contributed by atoms with Crippen LogP contribution in [0.5, 0.6) is 5.75 Å². The Hall–Kier alpha value is -2.29. The minimum absolute atomic E-state index is 0. The lowest BCUT2D eigenvalue weighted by atomic mass is 10.0. The zero-order chi connectivity index (χ0) is 19.2. The summed E-state index contributed by atoms with van der Waals surface area (Å²) in [6.07, 6.45) is 0. The first-order valence-corrected chi connectivity index (χ1v) is 8.57. The topological polar surface area (TPSA) is 53.6 Å². The van der Waals surface area contributed by atoms with E-state index in [1.807, 2.05) is 11.0 Å². The van der Waals surface area contributed by atoms with E-state index in [2.05, 4.69) is 15.4 Å². The van der Waals surface area contributed by atoms with Gasteiger partial charge in [-0.2, -0.15) is 8.78 Å². The summed E-state index contributed by atoms with van der Waals surface area (Å²) in [5.41, 5.74) is 0.955. The number of para-hydroxylation sites is 2. The number of amides is 1. The summed E-state index contributed by atoms with van der Waals surface area (Å²) in [4.78, 5) is 14.4. The third kappa shape index (κ3) is 5.85. The smallest absolute Gasteiger partial charge is 0.387 e. The first-order valence-electron chi connectivity index (χ1n) is 8.57. The summed E-state index contributed by atoms with van der Waals surface area (Å²) in [6, 6.07) is 12.1. The molecule has 0 spiro atoms. The number of anilines is 1. The van der Waals surface area contributed by atoms with Gasteiger partial charge in [0.25, 0.3) is 0 Å². The molecule has 0 radical (unpaired) electrons. The maximum atomic E-state index is 13.6. The third-order valence-corrected chi connectivity index (χ3v) is 4.31. The van der Waals surface area contributed by atoms with Crippen molar-refractivity contribution in [3.05, 3.63) is 59.9 Å². The Balaban J connectivity index is 0.00000280. The Morgan fingerprint density at radius 3 is 2.79 bits per heavy atom. The van der Waals surface area contributed by atoms with Gasteiger partial charge in [0.2, 0.25) is 5.91 Å². The van der Waals surface area contributed by atoms with Crippen LogP contribution in [-0.2, 0) is 4.79 Å². The second kappa shape index (κ2) is 10.3. The van der Waals surface area contributed by atoms with Gasteiger partial charge < -0.3 is 15.4 Å². The van der Waals surface area contributed by atoms with Crippen molar-refractivity contribution in [1.29, 1.82) is 0 Å². The van der Waals surface area contributed by atoms with Crippen molar-refractivity contribution in [2.45, 2.75) is 12.7 Å². The van der Waals surface area contributed by atoms with E-state index in [0.29, 0.717) is 19.6 Å². The molecule has 1 unspecified atom stereocenters. The number of ether oxygens (including phenoxy) is 1. The number of nitrogens with zero attached hydrogens (tertiary/aromatic N) is 1. The summed E-state index contributed by atoms with van der Waals surface area (Å²) in [7, 11) is 0. The lowest BCUT2D eigenvalue weighted by Crippen LogP contribution is -2.48. The Morgan fingerprint density at radius 1 is 1.25 bits per heavy atom. The summed E-state index contributed by atoms with van der Waals surface area (Å²) >= 11 is 0. The highest BCUT2D eigenvalue weighted by Gasteiger charge is 2.26. The summed E-state index contributed by atoms with van der Waals surface area (Å²) in [5, 5.41) is 5.85. The number of carbonyl (C=O) groups excluding carboxylic acids is 1. The zero-order valence-corrected chi connectivity index (χ0v) is 15.7. The van der Waals surface area contributed by atoms with Crippen molar-refractivity contribution in [3.8, 4) is 5.75 Å². The molecule has 1 aliphatic rings. The number of nitrogens with one attached hydrogen (secondary N) is 2. The molecule has 1 atom stereocenters. The summed E-state index contributed by atoms with van der Waals surface area (Å²) in [5.74, 6) is -0.785. The molecule has 0 aliphatic carbocycles. The van der Waals surface area contributed by atoms with Crippen LogP contribution in [0.15, 0.2) is 48.5 Å². The fourth-order valence-electron chi connectivity index (χ4n) is 3.12. The van der Waals surface area contributed by atoms with Gasteiger partial charge in [0, 0.05) is 25.7 Å². The maximum absolute atomic E-state index is 13.6. The van der Waals surface area contributed by atoms with E-state index in [0.717, 1.165) is 5.56 Å². The lowest BCUT2D eigenvalue weighted by molar-refractivity contribution is -0.118. The molecule has 0 aromatic heterocycles. The second-order valence-corrected chi connectivity index (χ2v) is 6.17. The molecule has 1 fully saturated rings. The molecule has 1 amide bonds. The predicted molar refractivity (Wildman–Crippen MR) is 103 cm³/mol. The van der Waals surface area contributed by atoms with Crippen LogP contribution < -0.4 is 15.4 Å². The fraction of sp³-hybridized carbons (Fsp3) is 0.316. The highest BCUT2D eigenvalue weighted by molar-refractivity contribution is 5.93. The highest BCUT2D eigenvalue weighted by Crippen LogP contribution is 2.26. The molecule has 2 N–H and O–H groups in total. The second-order valence-electron chi connectivity index (χ2n) is 6.17. The van der Waals surface area contributed by atoms with Gasteiger partial charge in [-0.15, -0.1) is 12.4 Å². The van der Waals surface area contributed by atoms with E-state index in [4.69, 9.17) is 0 Å². The fourth-order valence-corrected chi connectivity index (χ4v) is 3.12. The number of carbonyl (C=O) groups is 1. The monoisotopic (exact) mass is 415 g/mol. The van der Waals surface area contributed by atoms with Crippen LogP contribution in [0.25, 0.3) is 0 Å². The number of hydrogen-bond donors (Lipinski definition) is 2. The molecule has 1 aliphatic heterocycles. The van der Waals surface area contributed by atoms with Gasteiger partial charge >= 0.3 is 6.61 Å². The van der Waals surface area contributed by atoms with Crippen molar-refractivity contribution in [2.24, 2.45) is 0 Å². The highest BCUT2D eigenvalue weighted by atomic mass is 35.5. The molecule has 1 saturated heterocycles. The molecule has 152 valence electrons. The van der Waals surface area contributed by atoms with E-state index < -0.39 is 6.61 Å². The largest absolute Gasteiger partial charge is 0.433 e. The van der Waals surface area contributed by atoms with Gasteiger partial charge in [-0.25, -0.2) is 4.39 Å². The van der Waals surface area contributed by atoms with Crippen molar-refractivity contribution in [1.82, 2.24) is 10.2 Å². The van der Waals surface area contributed by atoms with Crippen LogP contribution in [0.3, 0.4) is 0 Å². The van der Waals surface area contributed by atoms with Gasteiger partial charge in [0.15, 0.2) is 0 Å². The average Bonchev–Trinajstić information content (AvgIpc) is 2.63. The molecule has 28 heavy (non-hydrogen) atoms. The minimum atomic E-state index is -2.98. The van der Waals surface area contributed by atoms with E-state index >= 15 is 0 Å². The number of alkyl halides is 2. The van der Waals surface area contributed by atoms with Crippen LogP contribution in [0, 0.1) is 5.82 Å². The third-order valence-electron chi connectivity index (χ3n) is 4.31. The SMILES string of the molecule is Cl.O=C(CN1CCNCC1c1cccc(F)c1)Nc1ccccc1OC(F)F. The van der Waals surface area contributed by atoms with Crippen LogP contribution in [0.1, 0.15) is 11.6 Å². The van der Waals surface area contributed by atoms with Crippen LogP contribution in [-0.4, -0.2) is 43.6 Å². The van der Waals surface area contributed by atoms with E-state index in [-0.39, 0.29) is 48.2 Å². The normalized spacial score (nSPS) is 17.1. The molecule has 2 aromatic rings.